The van der Waals surface area contributed by atoms with Crippen molar-refractivity contribution >= 4 is 40.5 Å². The topological polar surface area (TPSA) is 32.3 Å². The van der Waals surface area contributed by atoms with E-state index < -0.39 is 0 Å². The molecule has 0 fully saturated rings. The Kier molecular flexibility index (Phi) is 4.97. The fourth-order valence-electron chi connectivity index (χ4n) is 2.97. The van der Waals surface area contributed by atoms with E-state index in [9.17, 15) is 9.18 Å². The Labute approximate surface area is 150 Å². The molecule has 1 unspecified atom stereocenters. The fourth-order valence-corrected chi connectivity index (χ4v) is 3.42. The molecule has 1 amide bonds. The molecule has 1 aliphatic rings. The summed E-state index contributed by atoms with van der Waals surface area (Å²) in [5.74, 6) is -0.427. The molecule has 1 aliphatic heterocycles. The SMILES string of the molecule is CC1CCc2cc(F)ccc2N1CC(=O)Nc1ccc(Cl)cc1Cl. The number of benzene rings is 2. The Bertz CT molecular complexity index is 782. The van der Waals surface area contributed by atoms with Crippen LogP contribution in [0.5, 0.6) is 0 Å². The van der Waals surface area contributed by atoms with Gasteiger partial charge in [-0.15, -0.1) is 0 Å². The molecule has 2 aromatic rings. The Balaban J connectivity index is 1.76. The predicted octanol–water partition coefficient (Wildman–Crippen LogP) is 4.91. The van der Waals surface area contributed by atoms with Gasteiger partial charge in [-0.1, -0.05) is 23.2 Å². The third-order valence-corrected chi connectivity index (χ3v) is 4.78. The van der Waals surface area contributed by atoms with Crippen molar-refractivity contribution in [2.75, 3.05) is 16.8 Å². The van der Waals surface area contributed by atoms with E-state index in [2.05, 4.69) is 12.2 Å². The third kappa shape index (κ3) is 3.65. The van der Waals surface area contributed by atoms with Crippen LogP contribution in [0.25, 0.3) is 0 Å². The standard InChI is InChI=1S/C18H17Cl2FN2O/c1-11-2-3-12-8-14(21)5-7-17(12)23(11)10-18(24)22-16-6-4-13(19)9-15(16)20/h4-9,11H,2-3,10H2,1H3,(H,22,24). The molecule has 3 nitrogen and oxygen atoms in total. The molecule has 0 aliphatic carbocycles. The number of fused-ring (bicyclic) bond motifs is 1. The van der Waals surface area contributed by atoms with Gasteiger partial charge in [0, 0.05) is 16.8 Å². The minimum absolute atomic E-state index is 0.178. The molecule has 3 rings (SSSR count). The highest BCUT2D eigenvalue weighted by Crippen LogP contribution is 2.31. The maximum Gasteiger partial charge on any atom is 0.243 e. The summed E-state index contributed by atoms with van der Waals surface area (Å²) in [6.07, 6.45) is 1.70. The highest BCUT2D eigenvalue weighted by molar-refractivity contribution is 6.36. The summed E-state index contributed by atoms with van der Waals surface area (Å²) in [5.41, 5.74) is 2.37. The van der Waals surface area contributed by atoms with Gasteiger partial charge in [0.25, 0.3) is 0 Å². The Hall–Kier alpha value is -1.78. The van der Waals surface area contributed by atoms with Gasteiger partial charge >= 0.3 is 0 Å². The molecule has 6 heteroatoms. The molecule has 1 heterocycles. The molecule has 24 heavy (non-hydrogen) atoms. The van der Waals surface area contributed by atoms with Crippen molar-refractivity contribution in [2.45, 2.75) is 25.8 Å². The number of hydrogen-bond acceptors (Lipinski definition) is 2. The van der Waals surface area contributed by atoms with Crippen molar-refractivity contribution in [1.82, 2.24) is 0 Å². The molecule has 0 saturated carbocycles. The quantitative estimate of drug-likeness (QED) is 0.836. The lowest BCUT2D eigenvalue weighted by Crippen LogP contribution is -2.42. The summed E-state index contributed by atoms with van der Waals surface area (Å²) in [6.45, 7) is 2.24. The number of hydrogen-bond donors (Lipinski definition) is 1. The zero-order valence-electron chi connectivity index (χ0n) is 13.2. The number of rotatable bonds is 3. The van der Waals surface area contributed by atoms with Crippen LogP contribution in [0.15, 0.2) is 36.4 Å². The number of halogens is 3. The molecule has 0 aromatic heterocycles. The summed E-state index contributed by atoms with van der Waals surface area (Å²) in [7, 11) is 0. The van der Waals surface area contributed by atoms with Gasteiger partial charge in [0.15, 0.2) is 0 Å². The van der Waals surface area contributed by atoms with Crippen molar-refractivity contribution < 1.29 is 9.18 Å². The van der Waals surface area contributed by atoms with Crippen LogP contribution < -0.4 is 10.2 Å². The van der Waals surface area contributed by atoms with Gasteiger partial charge in [-0.3, -0.25) is 4.79 Å². The minimum atomic E-state index is -0.249. The van der Waals surface area contributed by atoms with Gasteiger partial charge < -0.3 is 10.2 Å². The second-order valence-electron chi connectivity index (χ2n) is 5.96. The molecular weight excluding hydrogens is 350 g/mol. The molecule has 1 atom stereocenters. The van der Waals surface area contributed by atoms with Crippen molar-refractivity contribution in [3.63, 3.8) is 0 Å². The first-order valence-electron chi connectivity index (χ1n) is 7.74. The fraction of sp³-hybridized carbons (Fsp3) is 0.278. The van der Waals surface area contributed by atoms with E-state index in [0.29, 0.717) is 15.7 Å². The van der Waals surface area contributed by atoms with Crippen LogP contribution in [0.1, 0.15) is 18.9 Å². The van der Waals surface area contributed by atoms with Gasteiger partial charge in [0.1, 0.15) is 5.82 Å². The van der Waals surface area contributed by atoms with E-state index >= 15 is 0 Å². The average molecular weight is 367 g/mol. The summed E-state index contributed by atoms with van der Waals surface area (Å²) >= 11 is 12.0. The number of aryl methyl sites for hydroxylation is 1. The highest BCUT2D eigenvalue weighted by Gasteiger charge is 2.25. The van der Waals surface area contributed by atoms with Gasteiger partial charge in [-0.2, -0.15) is 0 Å². The number of nitrogens with one attached hydrogen (secondary N) is 1. The lowest BCUT2D eigenvalue weighted by atomic mass is 9.96. The van der Waals surface area contributed by atoms with E-state index in [1.165, 1.54) is 6.07 Å². The molecule has 2 aromatic carbocycles. The van der Waals surface area contributed by atoms with E-state index in [1.807, 2.05) is 4.90 Å². The van der Waals surface area contributed by atoms with Gasteiger partial charge in [0.2, 0.25) is 5.91 Å². The Morgan fingerprint density at radius 3 is 2.83 bits per heavy atom. The van der Waals surface area contributed by atoms with Crippen molar-refractivity contribution in [2.24, 2.45) is 0 Å². The first kappa shape index (κ1) is 17.1. The summed E-state index contributed by atoms with van der Waals surface area (Å²) in [4.78, 5) is 14.4. The van der Waals surface area contributed by atoms with Crippen molar-refractivity contribution in [3.8, 4) is 0 Å². The van der Waals surface area contributed by atoms with E-state index in [-0.39, 0.29) is 24.3 Å². The monoisotopic (exact) mass is 366 g/mol. The lowest BCUT2D eigenvalue weighted by Gasteiger charge is -2.36. The number of carbonyl (C=O) groups is 1. The number of carbonyl (C=O) groups excluding carboxylic acids is 1. The maximum absolute atomic E-state index is 13.4. The van der Waals surface area contributed by atoms with Gasteiger partial charge in [-0.05, 0) is 61.7 Å². The lowest BCUT2D eigenvalue weighted by molar-refractivity contribution is -0.115. The molecule has 0 bridgehead atoms. The van der Waals surface area contributed by atoms with Gasteiger partial charge in [-0.25, -0.2) is 4.39 Å². The number of anilines is 2. The zero-order valence-corrected chi connectivity index (χ0v) is 14.7. The molecule has 126 valence electrons. The summed E-state index contributed by atoms with van der Waals surface area (Å²) in [5, 5.41) is 3.71. The number of nitrogens with zero attached hydrogens (tertiary/aromatic N) is 1. The van der Waals surface area contributed by atoms with Crippen LogP contribution in [0.3, 0.4) is 0 Å². The summed E-state index contributed by atoms with van der Waals surface area (Å²) < 4.78 is 13.4. The Morgan fingerprint density at radius 2 is 2.08 bits per heavy atom. The molecule has 0 radical (unpaired) electrons. The normalized spacial score (nSPS) is 16.7. The van der Waals surface area contributed by atoms with Crippen LogP contribution in [-0.2, 0) is 11.2 Å². The zero-order chi connectivity index (χ0) is 17.3. The van der Waals surface area contributed by atoms with Crippen LogP contribution in [0.4, 0.5) is 15.8 Å². The largest absolute Gasteiger partial charge is 0.359 e. The summed E-state index contributed by atoms with van der Waals surface area (Å²) in [6, 6.07) is 9.84. The molecule has 0 spiro atoms. The second-order valence-corrected chi connectivity index (χ2v) is 6.80. The molecular formula is C18H17Cl2FN2O. The average Bonchev–Trinajstić information content (AvgIpc) is 2.53. The first-order chi connectivity index (χ1) is 11.4. The van der Waals surface area contributed by atoms with E-state index in [1.54, 1.807) is 30.3 Å². The van der Waals surface area contributed by atoms with Crippen LogP contribution in [-0.4, -0.2) is 18.5 Å². The smallest absolute Gasteiger partial charge is 0.243 e. The van der Waals surface area contributed by atoms with Crippen LogP contribution in [0.2, 0.25) is 10.0 Å². The van der Waals surface area contributed by atoms with E-state index in [4.69, 9.17) is 23.2 Å². The van der Waals surface area contributed by atoms with Crippen LogP contribution in [0, 0.1) is 5.82 Å². The van der Waals surface area contributed by atoms with Crippen molar-refractivity contribution in [3.05, 3.63) is 57.8 Å². The van der Waals surface area contributed by atoms with E-state index in [0.717, 1.165) is 24.1 Å². The molecule has 0 saturated heterocycles. The molecule has 1 N–H and O–H groups in total. The third-order valence-electron chi connectivity index (χ3n) is 4.23. The second kappa shape index (κ2) is 6.99. The van der Waals surface area contributed by atoms with Crippen molar-refractivity contribution in [1.29, 1.82) is 0 Å². The van der Waals surface area contributed by atoms with Gasteiger partial charge in [0.05, 0.1) is 17.3 Å². The Morgan fingerprint density at radius 1 is 1.29 bits per heavy atom. The minimum Gasteiger partial charge on any atom is -0.359 e. The number of amides is 1. The predicted molar refractivity (Wildman–Crippen MR) is 96.6 cm³/mol. The van der Waals surface area contributed by atoms with Crippen LogP contribution >= 0.6 is 23.2 Å². The highest BCUT2D eigenvalue weighted by atomic mass is 35.5. The maximum atomic E-state index is 13.4. The first-order valence-corrected chi connectivity index (χ1v) is 8.49.